The Morgan fingerprint density at radius 1 is 1.42 bits per heavy atom. The predicted molar refractivity (Wildman–Crippen MR) is 48.8 cm³/mol. The van der Waals surface area contributed by atoms with E-state index < -0.39 is 5.12 Å². The van der Waals surface area contributed by atoms with Crippen LogP contribution in [0.5, 0.6) is 0 Å². The molecule has 1 aromatic carbocycles. The molecule has 0 saturated carbocycles. The van der Waals surface area contributed by atoms with E-state index in [1.165, 1.54) is 0 Å². The van der Waals surface area contributed by atoms with E-state index in [1.807, 2.05) is 19.1 Å². The zero-order valence-electron chi connectivity index (χ0n) is 6.71. The van der Waals surface area contributed by atoms with Gasteiger partial charge in [-0.25, -0.2) is 0 Å². The molecule has 0 aliphatic carbocycles. The standard InChI is InChI=1S/C9H9FOS/c1-2-7-3-5-8(6-4-7)9(11)12-10/h3-6H,2H2,1H3. The fourth-order valence-corrected chi connectivity index (χ4v) is 1.15. The van der Waals surface area contributed by atoms with Gasteiger partial charge in [-0.2, -0.15) is 3.89 Å². The van der Waals surface area contributed by atoms with Crippen LogP contribution in [0.2, 0.25) is 0 Å². The molecule has 12 heavy (non-hydrogen) atoms. The van der Waals surface area contributed by atoms with E-state index in [-0.39, 0.29) is 12.1 Å². The van der Waals surface area contributed by atoms with E-state index in [2.05, 4.69) is 0 Å². The summed E-state index contributed by atoms with van der Waals surface area (Å²) < 4.78 is 11.8. The Balaban J connectivity index is 2.84. The Morgan fingerprint density at radius 2 is 2.00 bits per heavy atom. The highest BCUT2D eigenvalue weighted by Gasteiger charge is 2.04. The number of hydrogen-bond acceptors (Lipinski definition) is 2. The number of carbonyl (C=O) groups excluding carboxylic acids is 1. The van der Waals surface area contributed by atoms with Crippen LogP contribution < -0.4 is 0 Å². The fourth-order valence-electron chi connectivity index (χ4n) is 0.921. The molecular formula is C9H9FOS. The van der Waals surface area contributed by atoms with Gasteiger partial charge in [0, 0.05) is 5.56 Å². The lowest BCUT2D eigenvalue weighted by Gasteiger charge is -1.97. The summed E-state index contributed by atoms with van der Waals surface area (Å²) in [5.74, 6) is 0. The maximum absolute atomic E-state index is 11.8. The number of benzene rings is 1. The lowest BCUT2D eigenvalue weighted by Crippen LogP contribution is -1.90. The molecule has 64 valence electrons. The molecule has 0 radical (unpaired) electrons. The van der Waals surface area contributed by atoms with Crippen LogP contribution >= 0.6 is 12.1 Å². The van der Waals surface area contributed by atoms with Crippen LogP contribution in [0.3, 0.4) is 0 Å². The van der Waals surface area contributed by atoms with Crippen molar-refractivity contribution in [3.63, 3.8) is 0 Å². The van der Waals surface area contributed by atoms with E-state index in [0.717, 1.165) is 12.0 Å². The Labute approximate surface area is 75.3 Å². The molecule has 0 spiro atoms. The van der Waals surface area contributed by atoms with Crippen LogP contribution in [0.1, 0.15) is 22.8 Å². The quantitative estimate of drug-likeness (QED) is 0.702. The molecule has 3 heteroatoms. The summed E-state index contributed by atoms with van der Waals surface area (Å²) in [6.07, 6.45) is 0.928. The number of halogens is 1. The minimum Gasteiger partial charge on any atom is -0.279 e. The molecule has 0 saturated heterocycles. The highest BCUT2D eigenvalue weighted by Crippen LogP contribution is 2.13. The first-order chi connectivity index (χ1) is 5.77. The molecule has 0 aromatic heterocycles. The van der Waals surface area contributed by atoms with Crippen molar-refractivity contribution in [3.05, 3.63) is 35.4 Å². The van der Waals surface area contributed by atoms with Crippen molar-refractivity contribution in [2.24, 2.45) is 0 Å². The smallest absolute Gasteiger partial charge is 0.251 e. The third-order valence-corrected chi connectivity index (χ3v) is 2.04. The van der Waals surface area contributed by atoms with Gasteiger partial charge in [-0.05, 0) is 12.0 Å². The minimum absolute atomic E-state index is 0.248. The second kappa shape index (κ2) is 4.26. The zero-order chi connectivity index (χ0) is 8.97. The second-order valence-corrected chi connectivity index (χ2v) is 2.94. The van der Waals surface area contributed by atoms with Crippen LogP contribution in [-0.2, 0) is 6.42 Å². The summed E-state index contributed by atoms with van der Waals surface area (Å²) in [4.78, 5) is 10.8. The van der Waals surface area contributed by atoms with Crippen molar-refractivity contribution in [3.8, 4) is 0 Å². The van der Waals surface area contributed by atoms with Gasteiger partial charge in [-0.3, -0.25) is 4.79 Å². The topological polar surface area (TPSA) is 17.1 Å². The van der Waals surface area contributed by atoms with Crippen molar-refractivity contribution in [2.75, 3.05) is 0 Å². The van der Waals surface area contributed by atoms with Crippen molar-refractivity contribution < 1.29 is 8.68 Å². The molecule has 0 amide bonds. The normalized spacial score (nSPS) is 9.83. The van der Waals surface area contributed by atoms with E-state index >= 15 is 0 Å². The molecule has 1 nitrogen and oxygen atoms in total. The van der Waals surface area contributed by atoms with Gasteiger partial charge in [0.15, 0.2) is 0 Å². The molecule has 0 aliphatic heterocycles. The fraction of sp³-hybridized carbons (Fsp3) is 0.222. The Kier molecular flexibility index (Phi) is 3.29. The predicted octanol–water partition coefficient (Wildman–Crippen LogP) is 3.01. The zero-order valence-corrected chi connectivity index (χ0v) is 7.53. The SMILES string of the molecule is CCc1ccc(C(=O)SF)cc1. The highest BCUT2D eigenvalue weighted by atomic mass is 32.2. The Hall–Kier alpha value is -0.830. The van der Waals surface area contributed by atoms with Gasteiger partial charge in [-0.1, -0.05) is 31.2 Å². The summed E-state index contributed by atoms with van der Waals surface area (Å²) in [6.45, 7) is 2.03. The first kappa shape index (κ1) is 9.26. The summed E-state index contributed by atoms with van der Waals surface area (Å²) in [5, 5.41) is -0.530. The van der Waals surface area contributed by atoms with Crippen LogP contribution in [0.4, 0.5) is 3.89 Å². The highest BCUT2D eigenvalue weighted by molar-refractivity contribution is 8.09. The van der Waals surface area contributed by atoms with E-state index in [4.69, 9.17) is 0 Å². The third-order valence-electron chi connectivity index (χ3n) is 1.67. The first-order valence-electron chi connectivity index (χ1n) is 3.69. The molecule has 1 aromatic rings. The maximum atomic E-state index is 11.8. The number of rotatable bonds is 2. The molecule has 0 N–H and O–H groups in total. The number of carbonyl (C=O) groups is 1. The molecule has 0 bridgehead atoms. The molecule has 0 heterocycles. The summed E-state index contributed by atoms with van der Waals surface area (Å²) >= 11 is -0.248. The summed E-state index contributed by atoms with van der Waals surface area (Å²) in [7, 11) is 0. The lowest BCUT2D eigenvalue weighted by atomic mass is 10.1. The van der Waals surface area contributed by atoms with Crippen LogP contribution in [0, 0.1) is 0 Å². The number of hydrogen-bond donors (Lipinski definition) is 0. The van der Waals surface area contributed by atoms with Gasteiger partial charge in [0.1, 0.15) is 12.1 Å². The maximum Gasteiger partial charge on any atom is 0.251 e. The van der Waals surface area contributed by atoms with E-state index in [9.17, 15) is 8.68 Å². The average Bonchev–Trinajstić information content (AvgIpc) is 2.17. The first-order valence-corrected chi connectivity index (χ1v) is 4.41. The van der Waals surface area contributed by atoms with Gasteiger partial charge in [0.2, 0.25) is 0 Å². The molecule has 1 rings (SSSR count). The van der Waals surface area contributed by atoms with Crippen molar-refractivity contribution >= 4 is 17.3 Å². The van der Waals surface area contributed by atoms with Gasteiger partial charge < -0.3 is 0 Å². The van der Waals surface area contributed by atoms with E-state index in [0.29, 0.717) is 5.56 Å². The van der Waals surface area contributed by atoms with Crippen molar-refractivity contribution in [1.82, 2.24) is 0 Å². The van der Waals surface area contributed by atoms with Crippen LogP contribution in [-0.4, -0.2) is 5.12 Å². The van der Waals surface area contributed by atoms with Crippen molar-refractivity contribution in [1.29, 1.82) is 0 Å². The molecule has 0 unspecified atom stereocenters. The molecule has 0 fully saturated rings. The molecular weight excluding hydrogens is 175 g/mol. The van der Waals surface area contributed by atoms with Gasteiger partial charge >= 0.3 is 0 Å². The largest absolute Gasteiger partial charge is 0.279 e. The van der Waals surface area contributed by atoms with Crippen LogP contribution in [0.25, 0.3) is 0 Å². The monoisotopic (exact) mass is 184 g/mol. The Bertz CT molecular complexity index is 268. The second-order valence-electron chi connectivity index (χ2n) is 2.42. The van der Waals surface area contributed by atoms with Crippen LogP contribution in [0.15, 0.2) is 24.3 Å². The molecule has 0 aliphatic rings. The minimum atomic E-state index is -0.530. The van der Waals surface area contributed by atoms with Gasteiger partial charge in [-0.15, -0.1) is 0 Å². The van der Waals surface area contributed by atoms with Crippen molar-refractivity contribution in [2.45, 2.75) is 13.3 Å². The molecule has 0 atom stereocenters. The lowest BCUT2D eigenvalue weighted by molar-refractivity contribution is 0.108. The Morgan fingerprint density at radius 3 is 2.42 bits per heavy atom. The summed E-state index contributed by atoms with van der Waals surface area (Å²) in [5.41, 5.74) is 1.56. The average molecular weight is 184 g/mol. The third kappa shape index (κ3) is 2.08. The van der Waals surface area contributed by atoms with E-state index in [1.54, 1.807) is 12.1 Å². The summed E-state index contributed by atoms with van der Waals surface area (Å²) in [6, 6.07) is 6.97. The number of aryl methyl sites for hydroxylation is 1. The van der Waals surface area contributed by atoms with Gasteiger partial charge in [0.05, 0.1) is 0 Å². The van der Waals surface area contributed by atoms with Gasteiger partial charge in [0.25, 0.3) is 5.12 Å².